The van der Waals surface area contributed by atoms with Crippen LogP contribution >= 0.6 is 0 Å². The Labute approximate surface area is 244 Å². The number of rotatable bonds is 7. The molecule has 6 aromatic carbocycles. The van der Waals surface area contributed by atoms with Crippen LogP contribution in [-0.4, -0.2) is 0 Å². The Kier molecular flexibility index (Phi) is 8.93. The van der Waals surface area contributed by atoms with E-state index in [-0.39, 0.29) is 0 Å². The highest BCUT2D eigenvalue weighted by Gasteiger charge is 2.14. The highest BCUT2D eigenvalue weighted by molar-refractivity contribution is 5.80. The number of aryl methyl sites for hydroxylation is 1. The molecule has 0 atom stereocenters. The molecule has 0 aliphatic carbocycles. The third-order valence-corrected chi connectivity index (χ3v) is 6.92. The Morgan fingerprint density at radius 2 is 0.537 bits per heavy atom. The van der Waals surface area contributed by atoms with Crippen LogP contribution in [0.4, 0.5) is 34.1 Å². The van der Waals surface area contributed by atoms with Crippen molar-refractivity contribution in [3.8, 4) is 11.1 Å². The van der Waals surface area contributed by atoms with Crippen molar-refractivity contribution in [1.29, 1.82) is 0 Å². The Morgan fingerprint density at radius 1 is 0.293 bits per heavy atom. The second-order valence-electron chi connectivity index (χ2n) is 9.61. The molecule has 0 aromatic heterocycles. The minimum absolute atomic E-state index is 1.13. The molecule has 0 spiro atoms. The molecule has 0 aliphatic heterocycles. The molecule has 0 saturated carbocycles. The smallest absolute Gasteiger partial charge is 0.0462 e. The Balaban J connectivity index is 0.00000165. The lowest BCUT2D eigenvalue weighted by Crippen LogP contribution is -2.09. The summed E-state index contributed by atoms with van der Waals surface area (Å²) in [5, 5.41) is 0. The van der Waals surface area contributed by atoms with Crippen molar-refractivity contribution in [1.82, 2.24) is 0 Å². The van der Waals surface area contributed by atoms with Gasteiger partial charge in [0.25, 0.3) is 0 Å². The van der Waals surface area contributed by atoms with Crippen molar-refractivity contribution in [2.75, 3.05) is 9.80 Å². The molecule has 0 N–H and O–H groups in total. The average molecular weight is 533 g/mol. The number of anilines is 6. The van der Waals surface area contributed by atoms with E-state index < -0.39 is 0 Å². The van der Waals surface area contributed by atoms with E-state index in [1.54, 1.807) is 0 Å². The van der Waals surface area contributed by atoms with Gasteiger partial charge in [-0.15, -0.1) is 0 Å². The van der Waals surface area contributed by atoms with Crippen molar-refractivity contribution in [2.24, 2.45) is 0 Å². The number of hydrogen-bond acceptors (Lipinski definition) is 2. The standard InChI is InChI=1S/C37H30N2.C2H6/c1-29-17-23-35(24-18-29)39(34-15-9-4-10-16-34)37-27-21-31(22-28-37)30-19-25-36(26-20-30)38(32-11-5-2-6-12-32)33-13-7-3-8-14-33;1-2/h2-28H,1H3;1-2H3. The van der Waals surface area contributed by atoms with Gasteiger partial charge in [0, 0.05) is 34.1 Å². The molecule has 41 heavy (non-hydrogen) atoms. The van der Waals surface area contributed by atoms with E-state index in [2.05, 4.69) is 181 Å². The highest BCUT2D eigenvalue weighted by atomic mass is 15.1. The Hall–Kier alpha value is -5.08. The molecular formula is C39H36N2. The lowest BCUT2D eigenvalue weighted by atomic mass is 10.0. The summed E-state index contributed by atoms with van der Waals surface area (Å²) in [6.45, 7) is 6.12. The third-order valence-electron chi connectivity index (χ3n) is 6.92. The van der Waals surface area contributed by atoms with Gasteiger partial charge in [0.05, 0.1) is 0 Å². The third kappa shape index (κ3) is 6.40. The minimum atomic E-state index is 1.13. The topological polar surface area (TPSA) is 6.48 Å². The maximum Gasteiger partial charge on any atom is 0.0462 e. The van der Waals surface area contributed by atoms with Gasteiger partial charge in [-0.3, -0.25) is 0 Å². The number of nitrogens with zero attached hydrogens (tertiary/aromatic N) is 2. The Morgan fingerprint density at radius 3 is 0.829 bits per heavy atom. The first-order chi connectivity index (χ1) is 20.3. The molecule has 6 aromatic rings. The monoisotopic (exact) mass is 532 g/mol. The van der Waals surface area contributed by atoms with Crippen LogP contribution < -0.4 is 9.80 Å². The summed E-state index contributed by atoms with van der Waals surface area (Å²) in [5.74, 6) is 0. The molecule has 202 valence electrons. The molecule has 0 bridgehead atoms. The lowest BCUT2D eigenvalue weighted by Gasteiger charge is -2.26. The fraction of sp³-hybridized carbons (Fsp3) is 0.0769. The van der Waals surface area contributed by atoms with Crippen LogP contribution in [0.25, 0.3) is 11.1 Å². The summed E-state index contributed by atoms with van der Waals surface area (Å²) in [7, 11) is 0. The molecule has 0 heterocycles. The quantitative estimate of drug-likeness (QED) is 0.202. The zero-order valence-corrected chi connectivity index (χ0v) is 24.0. The maximum atomic E-state index is 2.30. The van der Waals surface area contributed by atoms with Crippen LogP contribution in [0.2, 0.25) is 0 Å². The van der Waals surface area contributed by atoms with E-state index in [1.165, 1.54) is 16.7 Å². The van der Waals surface area contributed by atoms with Gasteiger partial charge < -0.3 is 9.80 Å². The van der Waals surface area contributed by atoms with Crippen LogP contribution in [0.3, 0.4) is 0 Å². The number of hydrogen-bond donors (Lipinski definition) is 0. The van der Waals surface area contributed by atoms with Crippen LogP contribution in [0.5, 0.6) is 0 Å². The first kappa shape index (κ1) is 27.5. The van der Waals surface area contributed by atoms with Crippen molar-refractivity contribution >= 4 is 34.1 Å². The fourth-order valence-corrected chi connectivity index (χ4v) is 4.93. The largest absolute Gasteiger partial charge is 0.311 e. The molecule has 0 amide bonds. The van der Waals surface area contributed by atoms with Gasteiger partial charge in [0.2, 0.25) is 0 Å². The molecule has 0 aliphatic rings. The summed E-state index contributed by atoms with van der Waals surface area (Å²) >= 11 is 0. The molecule has 0 fully saturated rings. The number of benzene rings is 6. The molecule has 2 nitrogen and oxygen atoms in total. The van der Waals surface area contributed by atoms with Gasteiger partial charge >= 0.3 is 0 Å². The van der Waals surface area contributed by atoms with Gasteiger partial charge in [-0.1, -0.05) is 110 Å². The van der Waals surface area contributed by atoms with Crippen LogP contribution in [0, 0.1) is 6.92 Å². The summed E-state index contributed by atoms with van der Waals surface area (Å²) in [5.41, 5.74) is 10.4. The molecule has 2 heteroatoms. The Bertz CT molecular complexity index is 1570. The van der Waals surface area contributed by atoms with Crippen molar-refractivity contribution < 1.29 is 0 Å². The first-order valence-corrected chi connectivity index (χ1v) is 14.3. The molecule has 0 unspecified atom stereocenters. The van der Waals surface area contributed by atoms with Crippen LogP contribution in [-0.2, 0) is 0 Å². The zero-order valence-electron chi connectivity index (χ0n) is 24.0. The lowest BCUT2D eigenvalue weighted by molar-refractivity contribution is 1.27. The second kappa shape index (κ2) is 13.3. The summed E-state index contributed by atoms with van der Waals surface area (Å²) in [6, 6.07) is 57.9. The van der Waals surface area contributed by atoms with E-state index in [0.717, 1.165) is 34.1 Å². The van der Waals surface area contributed by atoms with Gasteiger partial charge in [-0.05, 0) is 90.8 Å². The fourth-order valence-electron chi connectivity index (χ4n) is 4.93. The predicted molar refractivity (Wildman–Crippen MR) is 177 cm³/mol. The van der Waals surface area contributed by atoms with Gasteiger partial charge in [-0.25, -0.2) is 0 Å². The molecular weight excluding hydrogens is 496 g/mol. The summed E-state index contributed by atoms with van der Waals surface area (Å²) < 4.78 is 0. The van der Waals surface area contributed by atoms with E-state index in [9.17, 15) is 0 Å². The first-order valence-electron chi connectivity index (χ1n) is 14.3. The SMILES string of the molecule is CC.Cc1ccc(N(c2ccccc2)c2ccc(-c3ccc(N(c4ccccc4)c4ccccc4)cc3)cc2)cc1. The molecule has 0 saturated heterocycles. The summed E-state index contributed by atoms with van der Waals surface area (Å²) in [4.78, 5) is 4.58. The maximum absolute atomic E-state index is 2.30. The average Bonchev–Trinajstić information content (AvgIpc) is 3.05. The van der Waals surface area contributed by atoms with Crippen molar-refractivity contribution in [3.05, 3.63) is 169 Å². The molecule has 6 rings (SSSR count). The zero-order chi connectivity index (χ0) is 28.4. The van der Waals surface area contributed by atoms with Gasteiger partial charge in [0.15, 0.2) is 0 Å². The highest BCUT2D eigenvalue weighted by Crippen LogP contribution is 2.37. The normalized spacial score (nSPS) is 10.3. The summed E-state index contributed by atoms with van der Waals surface area (Å²) in [6.07, 6.45) is 0. The van der Waals surface area contributed by atoms with E-state index in [1.807, 2.05) is 13.8 Å². The second-order valence-corrected chi connectivity index (χ2v) is 9.61. The van der Waals surface area contributed by atoms with Crippen LogP contribution in [0.1, 0.15) is 19.4 Å². The van der Waals surface area contributed by atoms with E-state index >= 15 is 0 Å². The predicted octanol–water partition coefficient (Wildman–Crippen LogP) is 11.6. The molecule has 0 radical (unpaired) electrons. The number of para-hydroxylation sites is 3. The van der Waals surface area contributed by atoms with Gasteiger partial charge in [0.1, 0.15) is 0 Å². The van der Waals surface area contributed by atoms with Gasteiger partial charge in [-0.2, -0.15) is 0 Å². The van der Waals surface area contributed by atoms with Crippen molar-refractivity contribution in [3.63, 3.8) is 0 Å². The van der Waals surface area contributed by atoms with E-state index in [0.29, 0.717) is 0 Å². The minimum Gasteiger partial charge on any atom is -0.311 e. The van der Waals surface area contributed by atoms with Crippen LogP contribution in [0.15, 0.2) is 164 Å². The van der Waals surface area contributed by atoms with E-state index in [4.69, 9.17) is 0 Å². The van der Waals surface area contributed by atoms with Crippen molar-refractivity contribution in [2.45, 2.75) is 20.8 Å².